The molecule has 0 spiro atoms. The van der Waals surface area contributed by atoms with Gasteiger partial charge in [0, 0.05) is 44.0 Å². The van der Waals surface area contributed by atoms with Gasteiger partial charge in [-0.05, 0) is 60.4 Å². The SMILES string of the molecule is CN(C)C(=O)CCc1cccc(NCC(=O)Nc2ccc(NC(=O)CCc3ccccc3)cc2)c1. The average Bonchev–Trinajstić information content (AvgIpc) is 2.87. The van der Waals surface area contributed by atoms with Gasteiger partial charge in [-0.2, -0.15) is 0 Å². The van der Waals surface area contributed by atoms with Crippen molar-refractivity contribution in [1.82, 2.24) is 4.90 Å². The van der Waals surface area contributed by atoms with Crippen molar-refractivity contribution in [2.45, 2.75) is 25.7 Å². The molecule has 0 aliphatic heterocycles. The van der Waals surface area contributed by atoms with Crippen molar-refractivity contribution >= 4 is 34.8 Å². The molecular formula is C28H32N4O3. The van der Waals surface area contributed by atoms with E-state index in [4.69, 9.17) is 0 Å². The van der Waals surface area contributed by atoms with Gasteiger partial charge in [-0.1, -0.05) is 42.5 Å². The number of amides is 3. The fourth-order valence-corrected chi connectivity index (χ4v) is 3.46. The standard InChI is InChI=1S/C28H32N4O3/c1-32(2)28(35)18-12-22-9-6-10-25(19-22)29-20-27(34)31-24-15-13-23(14-16-24)30-26(33)17-11-21-7-4-3-5-8-21/h3-10,13-16,19,29H,11-12,17-18,20H2,1-2H3,(H,30,33)(H,31,34). The molecule has 0 heterocycles. The number of aryl methyl sites for hydroxylation is 2. The van der Waals surface area contributed by atoms with Gasteiger partial charge in [-0.25, -0.2) is 0 Å². The van der Waals surface area contributed by atoms with E-state index in [2.05, 4.69) is 16.0 Å². The number of benzene rings is 3. The Morgan fingerprint density at radius 3 is 1.91 bits per heavy atom. The van der Waals surface area contributed by atoms with Crippen LogP contribution in [0.5, 0.6) is 0 Å². The van der Waals surface area contributed by atoms with Crippen LogP contribution in [0.2, 0.25) is 0 Å². The molecule has 0 bridgehead atoms. The molecule has 0 aromatic heterocycles. The average molecular weight is 473 g/mol. The molecule has 0 saturated heterocycles. The monoisotopic (exact) mass is 472 g/mol. The number of carbonyl (C=O) groups excluding carboxylic acids is 3. The zero-order valence-electron chi connectivity index (χ0n) is 20.2. The second-order valence-electron chi connectivity index (χ2n) is 8.50. The molecule has 3 aromatic carbocycles. The molecule has 0 aliphatic carbocycles. The van der Waals surface area contributed by atoms with Crippen LogP contribution in [0.15, 0.2) is 78.9 Å². The molecule has 35 heavy (non-hydrogen) atoms. The van der Waals surface area contributed by atoms with E-state index in [9.17, 15) is 14.4 Å². The molecule has 3 rings (SSSR count). The van der Waals surface area contributed by atoms with Crippen molar-refractivity contribution in [3.05, 3.63) is 90.0 Å². The van der Waals surface area contributed by atoms with Crippen molar-refractivity contribution in [3.8, 4) is 0 Å². The fraction of sp³-hybridized carbons (Fsp3) is 0.250. The highest BCUT2D eigenvalue weighted by molar-refractivity contribution is 5.94. The van der Waals surface area contributed by atoms with Crippen LogP contribution in [0.4, 0.5) is 17.1 Å². The second kappa shape index (κ2) is 12.9. The minimum Gasteiger partial charge on any atom is -0.376 e. The van der Waals surface area contributed by atoms with E-state index in [1.54, 1.807) is 43.3 Å². The number of hydrogen-bond acceptors (Lipinski definition) is 4. The highest BCUT2D eigenvalue weighted by atomic mass is 16.2. The highest BCUT2D eigenvalue weighted by Crippen LogP contribution is 2.15. The predicted molar refractivity (Wildman–Crippen MR) is 140 cm³/mol. The lowest BCUT2D eigenvalue weighted by molar-refractivity contribution is -0.128. The maximum absolute atomic E-state index is 12.3. The topological polar surface area (TPSA) is 90.5 Å². The van der Waals surface area contributed by atoms with Crippen molar-refractivity contribution in [1.29, 1.82) is 0 Å². The Balaban J connectivity index is 1.41. The molecule has 3 amide bonds. The largest absolute Gasteiger partial charge is 0.376 e. The third-order valence-electron chi connectivity index (χ3n) is 5.44. The lowest BCUT2D eigenvalue weighted by Crippen LogP contribution is -2.22. The molecule has 0 aliphatic rings. The zero-order chi connectivity index (χ0) is 25.0. The smallest absolute Gasteiger partial charge is 0.243 e. The number of carbonyl (C=O) groups is 3. The van der Waals surface area contributed by atoms with Gasteiger partial charge in [-0.3, -0.25) is 14.4 Å². The first-order valence-corrected chi connectivity index (χ1v) is 11.7. The van der Waals surface area contributed by atoms with Crippen molar-refractivity contribution in [2.75, 3.05) is 36.6 Å². The molecule has 182 valence electrons. The van der Waals surface area contributed by atoms with E-state index in [1.807, 2.05) is 54.6 Å². The Bertz CT molecular complexity index is 1130. The van der Waals surface area contributed by atoms with Gasteiger partial charge < -0.3 is 20.9 Å². The summed E-state index contributed by atoms with van der Waals surface area (Å²) < 4.78 is 0. The summed E-state index contributed by atoms with van der Waals surface area (Å²) >= 11 is 0. The molecule has 7 heteroatoms. The number of nitrogens with zero attached hydrogens (tertiary/aromatic N) is 1. The van der Waals surface area contributed by atoms with Crippen molar-refractivity contribution in [3.63, 3.8) is 0 Å². The summed E-state index contributed by atoms with van der Waals surface area (Å²) in [6.07, 6.45) is 2.18. The second-order valence-corrected chi connectivity index (χ2v) is 8.50. The lowest BCUT2D eigenvalue weighted by Gasteiger charge is -2.11. The van der Waals surface area contributed by atoms with Crippen LogP contribution in [0.25, 0.3) is 0 Å². The van der Waals surface area contributed by atoms with Gasteiger partial charge in [-0.15, -0.1) is 0 Å². The minimum atomic E-state index is -0.183. The minimum absolute atomic E-state index is 0.0526. The van der Waals surface area contributed by atoms with Gasteiger partial charge in [0.1, 0.15) is 0 Å². The molecule has 7 nitrogen and oxygen atoms in total. The van der Waals surface area contributed by atoms with Crippen LogP contribution in [0, 0.1) is 0 Å². The molecule has 0 saturated carbocycles. The summed E-state index contributed by atoms with van der Waals surface area (Å²) in [4.78, 5) is 37.9. The summed E-state index contributed by atoms with van der Waals surface area (Å²) in [6, 6.07) is 24.6. The summed E-state index contributed by atoms with van der Waals surface area (Å²) in [5.41, 5.74) is 4.31. The van der Waals surface area contributed by atoms with Crippen LogP contribution in [-0.4, -0.2) is 43.3 Å². The van der Waals surface area contributed by atoms with Crippen molar-refractivity contribution in [2.24, 2.45) is 0 Å². The van der Waals surface area contributed by atoms with Crippen LogP contribution in [0.1, 0.15) is 24.0 Å². The molecule has 0 fully saturated rings. The Kier molecular flexibility index (Phi) is 9.42. The van der Waals surface area contributed by atoms with Crippen LogP contribution >= 0.6 is 0 Å². The Morgan fingerprint density at radius 1 is 0.657 bits per heavy atom. The third-order valence-corrected chi connectivity index (χ3v) is 5.44. The summed E-state index contributed by atoms with van der Waals surface area (Å²) in [7, 11) is 3.49. The molecule has 0 atom stereocenters. The Labute approximate surface area is 206 Å². The first-order chi connectivity index (χ1) is 16.9. The van der Waals surface area contributed by atoms with Gasteiger partial charge in [0.15, 0.2) is 0 Å². The number of anilines is 3. The first-order valence-electron chi connectivity index (χ1n) is 11.7. The van der Waals surface area contributed by atoms with Gasteiger partial charge >= 0.3 is 0 Å². The third kappa shape index (κ3) is 8.97. The van der Waals surface area contributed by atoms with E-state index in [0.29, 0.717) is 37.1 Å². The van der Waals surface area contributed by atoms with E-state index in [0.717, 1.165) is 16.8 Å². The van der Waals surface area contributed by atoms with Crippen LogP contribution in [-0.2, 0) is 27.2 Å². The molecule has 0 radical (unpaired) electrons. The van der Waals surface area contributed by atoms with Gasteiger partial charge in [0.2, 0.25) is 17.7 Å². The molecule has 3 N–H and O–H groups in total. The van der Waals surface area contributed by atoms with E-state index in [-0.39, 0.29) is 24.3 Å². The fourth-order valence-electron chi connectivity index (χ4n) is 3.46. The maximum atomic E-state index is 12.3. The van der Waals surface area contributed by atoms with Crippen molar-refractivity contribution < 1.29 is 14.4 Å². The molecule has 0 unspecified atom stereocenters. The Morgan fingerprint density at radius 2 is 1.26 bits per heavy atom. The molecular weight excluding hydrogens is 440 g/mol. The maximum Gasteiger partial charge on any atom is 0.243 e. The highest BCUT2D eigenvalue weighted by Gasteiger charge is 2.07. The number of rotatable bonds is 11. The quantitative estimate of drug-likeness (QED) is 0.387. The van der Waals surface area contributed by atoms with E-state index < -0.39 is 0 Å². The zero-order valence-corrected chi connectivity index (χ0v) is 20.2. The number of nitrogens with one attached hydrogen (secondary N) is 3. The summed E-state index contributed by atoms with van der Waals surface area (Å²) in [5, 5.41) is 8.84. The Hall–Kier alpha value is -4.13. The van der Waals surface area contributed by atoms with Gasteiger partial charge in [0.05, 0.1) is 6.54 Å². The normalized spacial score (nSPS) is 10.3. The van der Waals surface area contributed by atoms with E-state index >= 15 is 0 Å². The summed E-state index contributed by atoms with van der Waals surface area (Å²) in [6.45, 7) is 0.109. The van der Waals surface area contributed by atoms with Crippen LogP contribution < -0.4 is 16.0 Å². The van der Waals surface area contributed by atoms with E-state index in [1.165, 1.54) is 0 Å². The summed E-state index contributed by atoms with van der Waals surface area (Å²) in [5.74, 6) is -0.151. The van der Waals surface area contributed by atoms with Gasteiger partial charge in [0.25, 0.3) is 0 Å². The van der Waals surface area contributed by atoms with Crippen LogP contribution in [0.3, 0.4) is 0 Å². The lowest BCUT2D eigenvalue weighted by atomic mass is 10.1. The first kappa shape index (κ1) is 25.5. The molecule has 3 aromatic rings. The number of hydrogen-bond donors (Lipinski definition) is 3. The predicted octanol–water partition coefficient (Wildman–Crippen LogP) is 4.33.